The lowest BCUT2D eigenvalue weighted by molar-refractivity contribution is -0.327. The van der Waals surface area contributed by atoms with E-state index < -0.39 is 6.36 Å². The van der Waals surface area contributed by atoms with Gasteiger partial charge in [-0.25, -0.2) is 0 Å². The average molecular weight is 313 g/mol. The first-order chi connectivity index (χ1) is 10.4. The van der Waals surface area contributed by atoms with Crippen molar-refractivity contribution in [3.8, 4) is 11.3 Å². The van der Waals surface area contributed by atoms with Gasteiger partial charge in [-0.15, -0.1) is 18.3 Å². The fourth-order valence-electron chi connectivity index (χ4n) is 2.03. The Morgan fingerprint density at radius 1 is 1.36 bits per heavy atom. The molecule has 0 saturated heterocycles. The van der Waals surface area contributed by atoms with Crippen molar-refractivity contribution in [3.63, 3.8) is 0 Å². The number of nitrogens with one attached hydrogen (secondary N) is 1. The lowest BCUT2D eigenvalue weighted by Gasteiger charge is -2.11. The van der Waals surface area contributed by atoms with Crippen LogP contribution in [0.2, 0.25) is 0 Å². The standard InChI is InChI=1S/C14H14F3N3O2/c1-2-4-10-5-3-6-11(7-10)12-8-13(18-9-21)19-20(12)22-14(15,16)17/h3,5-9H,2,4H2,1H3,(H,18,19,21). The number of alkyl halides is 3. The Kier molecular flexibility index (Phi) is 4.69. The van der Waals surface area contributed by atoms with Gasteiger partial charge in [0.2, 0.25) is 6.41 Å². The van der Waals surface area contributed by atoms with Crippen LogP contribution in [0.3, 0.4) is 0 Å². The second-order valence-corrected chi connectivity index (χ2v) is 4.54. The first-order valence-electron chi connectivity index (χ1n) is 6.58. The minimum absolute atomic E-state index is 0.0323. The van der Waals surface area contributed by atoms with E-state index in [0.29, 0.717) is 16.8 Å². The minimum Gasteiger partial charge on any atom is -0.312 e. The quantitative estimate of drug-likeness (QED) is 0.834. The van der Waals surface area contributed by atoms with Crippen molar-refractivity contribution >= 4 is 12.2 Å². The molecular formula is C14H14F3N3O2. The summed E-state index contributed by atoms with van der Waals surface area (Å²) in [4.78, 5) is 14.7. The highest BCUT2D eigenvalue weighted by molar-refractivity contribution is 5.72. The molecule has 0 saturated carbocycles. The van der Waals surface area contributed by atoms with E-state index in [0.717, 1.165) is 18.4 Å². The summed E-state index contributed by atoms with van der Waals surface area (Å²) in [6.07, 6.45) is -2.83. The first kappa shape index (κ1) is 15.9. The molecule has 0 spiro atoms. The van der Waals surface area contributed by atoms with Crippen LogP contribution in [0.4, 0.5) is 19.0 Å². The van der Waals surface area contributed by atoms with Crippen molar-refractivity contribution in [1.29, 1.82) is 0 Å². The molecule has 0 aliphatic rings. The van der Waals surface area contributed by atoms with Gasteiger partial charge in [-0.3, -0.25) is 9.63 Å². The van der Waals surface area contributed by atoms with Gasteiger partial charge in [-0.05, 0) is 18.1 Å². The van der Waals surface area contributed by atoms with Crippen molar-refractivity contribution in [2.45, 2.75) is 26.1 Å². The summed E-state index contributed by atoms with van der Waals surface area (Å²) >= 11 is 0. The number of benzene rings is 1. The number of carbonyl (C=O) groups excluding carboxylic acids is 1. The Balaban J connectivity index is 2.43. The van der Waals surface area contributed by atoms with Crippen molar-refractivity contribution < 1.29 is 22.8 Å². The van der Waals surface area contributed by atoms with Crippen LogP contribution in [-0.2, 0) is 11.2 Å². The molecule has 0 atom stereocenters. The van der Waals surface area contributed by atoms with Gasteiger partial charge in [0.05, 0.1) is 0 Å². The van der Waals surface area contributed by atoms with Crippen LogP contribution in [-0.4, -0.2) is 22.7 Å². The average Bonchev–Trinajstić information content (AvgIpc) is 2.80. The van der Waals surface area contributed by atoms with E-state index in [9.17, 15) is 18.0 Å². The number of amides is 1. The zero-order valence-corrected chi connectivity index (χ0v) is 11.7. The number of aromatic nitrogens is 2. The summed E-state index contributed by atoms with van der Waals surface area (Å²) in [5, 5.41) is 5.77. The van der Waals surface area contributed by atoms with Crippen LogP contribution in [0.25, 0.3) is 11.3 Å². The Bertz CT molecular complexity index is 653. The van der Waals surface area contributed by atoms with Crippen molar-refractivity contribution in [3.05, 3.63) is 35.9 Å². The van der Waals surface area contributed by atoms with Gasteiger partial charge in [0, 0.05) is 11.6 Å². The number of nitrogens with zero attached hydrogens (tertiary/aromatic N) is 2. The molecule has 0 unspecified atom stereocenters. The van der Waals surface area contributed by atoms with Crippen molar-refractivity contribution in [1.82, 2.24) is 9.94 Å². The zero-order valence-electron chi connectivity index (χ0n) is 11.7. The van der Waals surface area contributed by atoms with E-state index >= 15 is 0 Å². The van der Waals surface area contributed by atoms with Crippen LogP contribution in [0, 0.1) is 0 Å². The van der Waals surface area contributed by atoms with Crippen LogP contribution < -0.4 is 10.2 Å². The molecule has 1 N–H and O–H groups in total. The van der Waals surface area contributed by atoms with Crippen molar-refractivity contribution in [2.75, 3.05) is 5.32 Å². The SMILES string of the molecule is CCCc1cccc(-c2cc(NC=O)nn2OC(F)(F)F)c1. The maximum atomic E-state index is 12.5. The second-order valence-electron chi connectivity index (χ2n) is 4.54. The minimum atomic E-state index is -4.89. The molecule has 0 bridgehead atoms. The van der Waals surface area contributed by atoms with Gasteiger partial charge in [0.25, 0.3) is 0 Å². The predicted octanol–water partition coefficient (Wildman–Crippen LogP) is 3.02. The first-order valence-corrected chi connectivity index (χ1v) is 6.58. The number of hydrogen-bond acceptors (Lipinski definition) is 3. The molecule has 2 rings (SSSR count). The predicted molar refractivity (Wildman–Crippen MR) is 74.0 cm³/mol. The number of aryl methyl sites for hydroxylation is 1. The highest BCUT2D eigenvalue weighted by Gasteiger charge is 2.34. The Hall–Kier alpha value is -2.51. The molecule has 22 heavy (non-hydrogen) atoms. The maximum absolute atomic E-state index is 12.5. The fraction of sp³-hybridized carbons (Fsp3) is 0.286. The van der Waals surface area contributed by atoms with E-state index in [1.54, 1.807) is 18.2 Å². The molecule has 2 aromatic rings. The number of halogens is 3. The topological polar surface area (TPSA) is 56.2 Å². The monoisotopic (exact) mass is 313 g/mol. The summed E-state index contributed by atoms with van der Waals surface area (Å²) in [6.45, 7) is 2.01. The van der Waals surface area contributed by atoms with Crippen LogP contribution >= 0.6 is 0 Å². The zero-order chi connectivity index (χ0) is 16.2. The third-order valence-corrected chi connectivity index (χ3v) is 2.84. The number of carbonyl (C=O) groups is 1. The highest BCUT2D eigenvalue weighted by Crippen LogP contribution is 2.25. The van der Waals surface area contributed by atoms with Crippen molar-refractivity contribution in [2.24, 2.45) is 0 Å². The molecule has 1 aromatic carbocycles. The summed E-state index contributed by atoms with van der Waals surface area (Å²) < 4.78 is 37.4. The molecule has 0 radical (unpaired) electrons. The largest absolute Gasteiger partial charge is 0.593 e. The molecule has 8 heteroatoms. The molecule has 0 aliphatic carbocycles. The summed E-state index contributed by atoms with van der Waals surface area (Å²) in [7, 11) is 0. The third-order valence-electron chi connectivity index (χ3n) is 2.84. The Morgan fingerprint density at radius 3 is 2.77 bits per heavy atom. The molecule has 1 heterocycles. The number of anilines is 1. The maximum Gasteiger partial charge on any atom is 0.593 e. The van der Waals surface area contributed by atoms with E-state index in [1.807, 2.05) is 13.0 Å². The molecule has 118 valence electrons. The smallest absolute Gasteiger partial charge is 0.312 e. The van der Waals surface area contributed by atoms with E-state index in [2.05, 4.69) is 15.3 Å². The summed E-state index contributed by atoms with van der Waals surface area (Å²) in [5.74, 6) is -0.0323. The third kappa shape index (κ3) is 4.00. The summed E-state index contributed by atoms with van der Waals surface area (Å²) in [6, 6.07) is 8.37. The summed E-state index contributed by atoms with van der Waals surface area (Å²) in [5.41, 5.74) is 1.60. The van der Waals surface area contributed by atoms with E-state index in [-0.39, 0.29) is 11.5 Å². The number of hydrogen-bond donors (Lipinski definition) is 1. The van der Waals surface area contributed by atoms with Crippen LogP contribution in [0.5, 0.6) is 0 Å². The Morgan fingerprint density at radius 2 is 2.14 bits per heavy atom. The highest BCUT2D eigenvalue weighted by atomic mass is 19.4. The van der Waals surface area contributed by atoms with E-state index in [1.165, 1.54) is 6.07 Å². The molecule has 0 fully saturated rings. The Labute approximate surface area is 124 Å². The lowest BCUT2D eigenvalue weighted by atomic mass is 10.1. The van der Waals surface area contributed by atoms with Gasteiger partial charge in [-0.2, -0.15) is 0 Å². The fourth-order valence-corrected chi connectivity index (χ4v) is 2.03. The van der Waals surface area contributed by atoms with Gasteiger partial charge in [-0.1, -0.05) is 36.4 Å². The van der Waals surface area contributed by atoms with E-state index in [4.69, 9.17) is 0 Å². The molecule has 1 amide bonds. The second kappa shape index (κ2) is 6.50. The van der Waals surface area contributed by atoms with Gasteiger partial charge >= 0.3 is 6.36 Å². The molecule has 0 aliphatic heterocycles. The van der Waals surface area contributed by atoms with Crippen LogP contribution in [0.15, 0.2) is 30.3 Å². The van der Waals surface area contributed by atoms with Gasteiger partial charge in [0.15, 0.2) is 5.82 Å². The molecular weight excluding hydrogens is 299 g/mol. The molecule has 5 nitrogen and oxygen atoms in total. The van der Waals surface area contributed by atoms with Gasteiger partial charge in [0.1, 0.15) is 5.69 Å². The molecule has 1 aromatic heterocycles. The normalized spacial score (nSPS) is 11.3. The van der Waals surface area contributed by atoms with Crippen LogP contribution in [0.1, 0.15) is 18.9 Å². The van der Waals surface area contributed by atoms with Gasteiger partial charge < -0.3 is 5.32 Å². The lowest BCUT2D eigenvalue weighted by Crippen LogP contribution is -2.28. The number of rotatable bonds is 6.